The highest BCUT2D eigenvalue weighted by Gasteiger charge is 2.35. The fourth-order valence-electron chi connectivity index (χ4n) is 5.37. The van der Waals surface area contributed by atoms with Crippen molar-refractivity contribution in [2.24, 2.45) is 11.8 Å². The van der Waals surface area contributed by atoms with Gasteiger partial charge in [-0.2, -0.15) is 0 Å². The van der Waals surface area contributed by atoms with E-state index < -0.39 is 23.9 Å². The van der Waals surface area contributed by atoms with Crippen LogP contribution in [0.15, 0.2) is 36.0 Å². The van der Waals surface area contributed by atoms with Crippen LogP contribution in [0.4, 0.5) is 9.59 Å². The van der Waals surface area contributed by atoms with Crippen molar-refractivity contribution in [1.29, 1.82) is 0 Å². The molecule has 3 heterocycles. The lowest BCUT2D eigenvalue weighted by molar-refractivity contribution is -0.149. The highest BCUT2D eigenvalue weighted by molar-refractivity contribution is 5.70. The van der Waals surface area contributed by atoms with Crippen molar-refractivity contribution in [3.63, 3.8) is 0 Å². The molecular formula is C32H51N3O7. The summed E-state index contributed by atoms with van der Waals surface area (Å²) in [6.45, 7) is 12.1. The number of carbonyl (C=O) groups is 3. The van der Waals surface area contributed by atoms with E-state index in [1.807, 2.05) is 52.1 Å². The third-order valence-electron chi connectivity index (χ3n) is 8.32. The molecule has 2 amide bonds. The second kappa shape index (κ2) is 16.1. The number of ether oxygens (including phenoxy) is 3. The van der Waals surface area contributed by atoms with Crippen molar-refractivity contribution in [2.75, 3.05) is 52.9 Å². The van der Waals surface area contributed by atoms with Gasteiger partial charge in [-0.1, -0.05) is 38.2 Å². The minimum absolute atomic E-state index is 0.0229. The number of amides is 2. The van der Waals surface area contributed by atoms with Gasteiger partial charge in [-0.25, -0.2) is 9.59 Å². The van der Waals surface area contributed by atoms with Gasteiger partial charge in [-0.15, -0.1) is 0 Å². The summed E-state index contributed by atoms with van der Waals surface area (Å²) in [5.41, 5.74) is -0.424. The lowest BCUT2D eigenvalue weighted by Crippen LogP contribution is -2.50. The van der Waals surface area contributed by atoms with Crippen molar-refractivity contribution in [1.82, 2.24) is 14.7 Å². The van der Waals surface area contributed by atoms with Crippen LogP contribution in [-0.4, -0.2) is 109 Å². The number of allylic oxidation sites excluding steroid dienone is 2. The van der Waals surface area contributed by atoms with Crippen LogP contribution in [-0.2, 0) is 19.0 Å². The number of hydrogen-bond donors (Lipinski definition) is 1. The molecule has 3 rings (SSSR count). The van der Waals surface area contributed by atoms with Crippen molar-refractivity contribution in [3.05, 3.63) is 36.0 Å². The Bertz CT molecular complexity index is 994. The van der Waals surface area contributed by atoms with E-state index >= 15 is 0 Å². The van der Waals surface area contributed by atoms with E-state index in [1.54, 1.807) is 22.8 Å². The summed E-state index contributed by atoms with van der Waals surface area (Å²) < 4.78 is 17.2. The maximum absolute atomic E-state index is 13.0. The molecule has 236 valence electrons. The molecule has 0 spiro atoms. The molecular weight excluding hydrogens is 538 g/mol. The first-order valence-corrected chi connectivity index (χ1v) is 15.5. The molecule has 0 saturated carbocycles. The monoisotopic (exact) mass is 589 g/mol. The summed E-state index contributed by atoms with van der Waals surface area (Å²) in [5.74, 6) is -0.496. The van der Waals surface area contributed by atoms with Crippen LogP contribution in [0.5, 0.6) is 0 Å². The molecule has 10 heteroatoms. The summed E-state index contributed by atoms with van der Waals surface area (Å²) in [7, 11) is 2.02. The second-order valence-electron chi connectivity index (χ2n) is 12.4. The molecule has 0 unspecified atom stereocenters. The predicted octanol–water partition coefficient (Wildman–Crippen LogP) is 4.54. The molecule has 0 aromatic heterocycles. The van der Waals surface area contributed by atoms with Crippen molar-refractivity contribution in [2.45, 2.75) is 84.0 Å². The molecule has 1 N–H and O–H groups in total. The van der Waals surface area contributed by atoms with Gasteiger partial charge in [0.1, 0.15) is 11.7 Å². The molecule has 3 aliphatic rings. The zero-order valence-electron chi connectivity index (χ0n) is 26.1. The smallest absolute Gasteiger partial charge is 0.410 e. The lowest BCUT2D eigenvalue weighted by atomic mass is 9.89. The number of likely N-dealkylation sites (tertiary alicyclic amines) is 1. The standard InChI is InChI=1S/C32H51N3O7/c1-24(23-40-30(37)34-17-8-9-18-34)11-10-12-25(2)29-26(3)14-15-27(32(4,39)16-7-6-13-28(36)42-29)41-31(38)35-21-19-33(5)20-22-35/h10-12,14-15,24,26-27,29,39H,6-9,13,16-23H2,1-5H3/b11-10+,15-14+,25-12+/t24-,26+,27+,29-,32-/m1/s1. The summed E-state index contributed by atoms with van der Waals surface area (Å²) in [4.78, 5) is 43.4. The van der Waals surface area contributed by atoms with E-state index in [-0.39, 0.29) is 30.3 Å². The minimum Gasteiger partial charge on any atom is -0.457 e. The van der Waals surface area contributed by atoms with E-state index in [1.165, 1.54) is 0 Å². The Kier molecular flexibility index (Phi) is 12.9. The van der Waals surface area contributed by atoms with Crippen molar-refractivity contribution >= 4 is 18.2 Å². The average molecular weight is 590 g/mol. The topological polar surface area (TPSA) is 109 Å². The lowest BCUT2D eigenvalue weighted by Gasteiger charge is -2.36. The van der Waals surface area contributed by atoms with Gasteiger partial charge in [0.2, 0.25) is 0 Å². The zero-order chi connectivity index (χ0) is 30.7. The summed E-state index contributed by atoms with van der Waals surface area (Å²) in [6, 6.07) is 0. The van der Waals surface area contributed by atoms with Crippen molar-refractivity contribution in [3.8, 4) is 0 Å². The number of piperazine rings is 1. The Morgan fingerprint density at radius 2 is 1.74 bits per heavy atom. The maximum Gasteiger partial charge on any atom is 0.410 e. The van der Waals surface area contributed by atoms with Crippen LogP contribution in [0.3, 0.4) is 0 Å². The zero-order valence-corrected chi connectivity index (χ0v) is 26.1. The number of esters is 1. The van der Waals surface area contributed by atoms with Crippen LogP contribution in [0.25, 0.3) is 0 Å². The van der Waals surface area contributed by atoms with Crippen LogP contribution in [0.1, 0.15) is 66.2 Å². The van der Waals surface area contributed by atoms with Gasteiger partial charge in [0.25, 0.3) is 0 Å². The van der Waals surface area contributed by atoms with Crippen LogP contribution in [0.2, 0.25) is 0 Å². The fraction of sp³-hybridized carbons (Fsp3) is 0.719. The fourth-order valence-corrected chi connectivity index (χ4v) is 5.37. The van der Waals surface area contributed by atoms with Crippen LogP contribution >= 0.6 is 0 Å². The van der Waals surface area contributed by atoms with E-state index in [0.717, 1.165) is 44.6 Å². The minimum atomic E-state index is -1.28. The van der Waals surface area contributed by atoms with Gasteiger partial charge >= 0.3 is 18.2 Å². The van der Waals surface area contributed by atoms with E-state index in [0.29, 0.717) is 39.0 Å². The van der Waals surface area contributed by atoms with E-state index in [4.69, 9.17) is 14.2 Å². The second-order valence-corrected chi connectivity index (χ2v) is 12.4. The molecule has 0 aromatic rings. The van der Waals surface area contributed by atoms with Gasteiger partial charge in [-0.05, 0) is 64.6 Å². The van der Waals surface area contributed by atoms with Gasteiger partial charge in [0, 0.05) is 57.5 Å². The first-order chi connectivity index (χ1) is 20.0. The Hall–Kier alpha value is -2.85. The third-order valence-corrected chi connectivity index (χ3v) is 8.32. The number of rotatable bonds is 6. The number of aliphatic hydroxyl groups is 1. The first-order valence-electron chi connectivity index (χ1n) is 15.5. The molecule has 2 saturated heterocycles. The molecule has 0 radical (unpaired) electrons. The first kappa shape index (κ1) is 33.6. The van der Waals surface area contributed by atoms with Crippen LogP contribution < -0.4 is 0 Å². The number of cyclic esters (lactones) is 1. The largest absolute Gasteiger partial charge is 0.457 e. The third kappa shape index (κ3) is 10.5. The average Bonchev–Trinajstić information content (AvgIpc) is 3.50. The van der Waals surface area contributed by atoms with Crippen LogP contribution in [0, 0.1) is 11.8 Å². The Labute approximate surface area is 251 Å². The SMILES string of the molecule is C/C(=C\C=C\[C@@H](C)COC(=O)N1CCCC1)[C@H]1OC(=O)CCCC[C@@](C)(O)[C@@H](OC(=O)N2CCN(C)CC2)/C=C/[C@@H]1C. The molecule has 3 aliphatic heterocycles. The molecule has 0 aromatic carbocycles. The van der Waals surface area contributed by atoms with Gasteiger partial charge in [0.15, 0.2) is 6.10 Å². The van der Waals surface area contributed by atoms with E-state index in [2.05, 4.69) is 4.90 Å². The molecule has 42 heavy (non-hydrogen) atoms. The molecule has 10 nitrogen and oxygen atoms in total. The highest BCUT2D eigenvalue weighted by atomic mass is 16.6. The quantitative estimate of drug-likeness (QED) is 0.208. The molecule has 2 fully saturated rings. The predicted molar refractivity (Wildman–Crippen MR) is 161 cm³/mol. The Morgan fingerprint density at radius 1 is 1.07 bits per heavy atom. The normalized spacial score (nSPS) is 30.3. The molecule has 0 bridgehead atoms. The Morgan fingerprint density at radius 3 is 2.43 bits per heavy atom. The van der Waals surface area contributed by atoms with Gasteiger partial charge in [0.05, 0.1) is 6.61 Å². The van der Waals surface area contributed by atoms with Gasteiger partial charge < -0.3 is 34.0 Å². The van der Waals surface area contributed by atoms with Gasteiger partial charge in [-0.3, -0.25) is 4.79 Å². The molecule has 0 aliphatic carbocycles. The number of hydrogen-bond acceptors (Lipinski definition) is 8. The summed E-state index contributed by atoms with van der Waals surface area (Å²) >= 11 is 0. The summed E-state index contributed by atoms with van der Waals surface area (Å²) in [6.07, 6.45) is 11.2. The number of nitrogens with zero attached hydrogens (tertiary/aromatic N) is 3. The Balaban J connectivity index is 1.67. The van der Waals surface area contributed by atoms with E-state index in [9.17, 15) is 19.5 Å². The summed E-state index contributed by atoms with van der Waals surface area (Å²) in [5, 5.41) is 11.3. The number of carbonyl (C=O) groups excluding carboxylic acids is 3. The maximum atomic E-state index is 13.0. The highest BCUT2D eigenvalue weighted by Crippen LogP contribution is 2.27. The van der Waals surface area contributed by atoms with Crippen molar-refractivity contribution < 1.29 is 33.7 Å². The molecule has 5 atom stereocenters. The number of likely N-dealkylation sites (N-methyl/N-ethyl adjacent to an activating group) is 1.